The summed E-state index contributed by atoms with van der Waals surface area (Å²) in [5.41, 5.74) is 0.490. The first-order valence-electron chi connectivity index (χ1n) is 5.45. The summed E-state index contributed by atoms with van der Waals surface area (Å²) in [6.07, 6.45) is -3.53. The molecule has 0 fully saturated rings. The summed E-state index contributed by atoms with van der Waals surface area (Å²) in [4.78, 5) is 0. The molecule has 102 valence electrons. The van der Waals surface area contributed by atoms with Crippen molar-refractivity contribution in [2.24, 2.45) is 0 Å². The molecule has 0 aliphatic rings. The first-order valence-corrected chi connectivity index (χ1v) is 6.24. The Hall–Kier alpha value is -1.27. The monoisotopic (exact) mass is 334 g/mol. The molecular formula is C13H10BrF3O2. The quantitative estimate of drug-likeness (QED) is 0.905. The van der Waals surface area contributed by atoms with Gasteiger partial charge in [-0.15, -0.1) is 0 Å². The summed E-state index contributed by atoms with van der Waals surface area (Å²) in [7, 11) is 0. The number of halogens is 4. The van der Waals surface area contributed by atoms with Crippen molar-refractivity contribution in [3.63, 3.8) is 0 Å². The number of furan rings is 1. The second kappa shape index (κ2) is 5.38. The van der Waals surface area contributed by atoms with E-state index in [1.165, 1.54) is 18.4 Å². The van der Waals surface area contributed by atoms with E-state index in [4.69, 9.17) is 4.42 Å². The van der Waals surface area contributed by atoms with Crippen molar-refractivity contribution >= 4 is 15.9 Å². The first kappa shape index (κ1) is 14.1. The van der Waals surface area contributed by atoms with Gasteiger partial charge in [-0.25, -0.2) is 0 Å². The van der Waals surface area contributed by atoms with Gasteiger partial charge in [-0.2, -0.15) is 13.2 Å². The zero-order chi connectivity index (χ0) is 14.0. The Labute approximate surface area is 116 Å². The lowest BCUT2D eigenvalue weighted by atomic mass is 10.0. The van der Waals surface area contributed by atoms with Crippen molar-refractivity contribution in [2.75, 3.05) is 0 Å². The highest BCUT2D eigenvalue weighted by atomic mass is 79.9. The minimum absolute atomic E-state index is 0.219. The molecule has 0 saturated heterocycles. The van der Waals surface area contributed by atoms with E-state index >= 15 is 0 Å². The van der Waals surface area contributed by atoms with E-state index in [0.717, 1.165) is 12.1 Å². The van der Waals surface area contributed by atoms with Crippen LogP contribution < -0.4 is 0 Å². The van der Waals surface area contributed by atoms with Gasteiger partial charge >= 0.3 is 6.18 Å². The van der Waals surface area contributed by atoms with Crippen molar-refractivity contribution < 1.29 is 22.7 Å². The third-order valence-electron chi connectivity index (χ3n) is 2.72. The second-order valence-corrected chi connectivity index (χ2v) is 4.78. The Morgan fingerprint density at radius 3 is 2.26 bits per heavy atom. The Morgan fingerprint density at radius 1 is 1.16 bits per heavy atom. The minimum Gasteiger partial charge on any atom is -0.457 e. The number of alkyl halides is 3. The molecule has 0 aliphatic heterocycles. The van der Waals surface area contributed by atoms with Crippen LogP contribution in [0, 0.1) is 0 Å². The molecule has 0 aliphatic carbocycles. The fraction of sp³-hybridized carbons (Fsp3) is 0.231. The van der Waals surface area contributed by atoms with Crippen molar-refractivity contribution in [1.29, 1.82) is 0 Å². The number of aliphatic hydroxyl groups excluding tert-OH is 1. The molecule has 2 rings (SSSR count). The maximum Gasteiger partial charge on any atom is 0.416 e. The van der Waals surface area contributed by atoms with Crippen molar-refractivity contribution in [3.8, 4) is 0 Å². The predicted octanol–water partition coefficient (Wildman–Crippen LogP) is 4.34. The van der Waals surface area contributed by atoms with Gasteiger partial charge in [0.05, 0.1) is 17.9 Å². The van der Waals surface area contributed by atoms with E-state index in [9.17, 15) is 18.3 Å². The molecule has 2 nitrogen and oxygen atoms in total. The third kappa shape index (κ3) is 3.39. The third-order valence-corrected chi connectivity index (χ3v) is 3.36. The van der Waals surface area contributed by atoms with Gasteiger partial charge in [-0.3, -0.25) is 0 Å². The van der Waals surface area contributed by atoms with E-state index in [2.05, 4.69) is 15.9 Å². The van der Waals surface area contributed by atoms with Gasteiger partial charge in [0.25, 0.3) is 0 Å². The summed E-state index contributed by atoms with van der Waals surface area (Å²) in [5.74, 6) is 0. The van der Waals surface area contributed by atoms with Gasteiger partial charge in [-0.05, 0) is 39.7 Å². The largest absolute Gasteiger partial charge is 0.457 e. The van der Waals surface area contributed by atoms with Crippen molar-refractivity contribution in [3.05, 3.63) is 58.0 Å². The topological polar surface area (TPSA) is 33.4 Å². The van der Waals surface area contributed by atoms with E-state index < -0.39 is 17.8 Å². The van der Waals surface area contributed by atoms with E-state index in [-0.39, 0.29) is 6.42 Å². The van der Waals surface area contributed by atoms with Crippen LogP contribution in [0.1, 0.15) is 22.8 Å². The molecule has 1 unspecified atom stereocenters. The Bertz CT molecular complexity index is 546. The highest BCUT2D eigenvalue weighted by Gasteiger charge is 2.30. The predicted molar refractivity (Wildman–Crippen MR) is 66.5 cm³/mol. The zero-order valence-corrected chi connectivity index (χ0v) is 11.2. The molecule has 1 aromatic carbocycles. The van der Waals surface area contributed by atoms with Gasteiger partial charge in [0.1, 0.15) is 0 Å². The molecule has 0 radical (unpaired) electrons. The maximum absolute atomic E-state index is 12.4. The fourth-order valence-electron chi connectivity index (χ4n) is 1.71. The van der Waals surface area contributed by atoms with Crippen LogP contribution in [0.2, 0.25) is 0 Å². The summed E-state index contributed by atoms with van der Waals surface area (Å²) < 4.78 is 42.6. The number of hydrogen-bond acceptors (Lipinski definition) is 2. The standard InChI is InChI=1S/C13H10BrF3O2/c14-12-10(5-6-19-12)11(18)7-8-1-3-9(4-2-8)13(15,16)17/h1-6,11,18H,7H2. The molecule has 1 atom stereocenters. The molecule has 19 heavy (non-hydrogen) atoms. The lowest BCUT2D eigenvalue weighted by Gasteiger charge is -2.11. The number of hydrogen-bond donors (Lipinski definition) is 1. The minimum atomic E-state index is -4.34. The summed E-state index contributed by atoms with van der Waals surface area (Å²) in [6.45, 7) is 0. The van der Waals surface area contributed by atoms with Crippen LogP contribution in [0.15, 0.2) is 45.7 Å². The van der Waals surface area contributed by atoms with Gasteiger partial charge < -0.3 is 9.52 Å². The van der Waals surface area contributed by atoms with Gasteiger partial charge in [0, 0.05) is 12.0 Å². The Morgan fingerprint density at radius 2 is 1.79 bits per heavy atom. The first-order chi connectivity index (χ1) is 8.88. The van der Waals surface area contributed by atoms with Gasteiger partial charge in [0.15, 0.2) is 4.67 Å². The normalized spacial score (nSPS) is 13.5. The number of aliphatic hydroxyl groups is 1. The zero-order valence-electron chi connectivity index (χ0n) is 9.62. The molecule has 2 aromatic rings. The molecule has 0 amide bonds. The average Bonchev–Trinajstić information content (AvgIpc) is 2.75. The van der Waals surface area contributed by atoms with E-state index in [0.29, 0.717) is 15.8 Å². The SMILES string of the molecule is OC(Cc1ccc(C(F)(F)F)cc1)c1ccoc1Br. The highest BCUT2D eigenvalue weighted by molar-refractivity contribution is 9.10. The molecule has 6 heteroatoms. The van der Waals surface area contributed by atoms with E-state index in [1.807, 2.05) is 0 Å². The van der Waals surface area contributed by atoms with Crippen LogP contribution in [-0.2, 0) is 12.6 Å². The number of benzene rings is 1. The molecule has 0 saturated carbocycles. The fourth-order valence-corrected chi connectivity index (χ4v) is 2.21. The molecule has 0 spiro atoms. The molecule has 1 heterocycles. The van der Waals surface area contributed by atoms with Crippen LogP contribution in [0.5, 0.6) is 0 Å². The molecule has 1 aromatic heterocycles. The van der Waals surface area contributed by atoms with Crippen molar-refractivity contribution in [1.82, 2.24) is 0 Å². The lowest BCUT2D eigenvalue weighted by molar-refractivity contribution is -0.137. The van der Waals surface area contributed by atoms with Crippen LogP contribution in [-0.4, -0.2) is 5.11 Å². The van der Waals surface area contributed by atoms with Crippen molar-refractivity contribution in [2.45, 2.75) is 18.7 Å². The van der Waals surface area contributed by atoms with Crippen LogP contribution in [0.4, 0.5) is 13.2 Å². The van der Waals surface area contributed by atoms with E-state index in [1.54, 1.807) is 6.07 Å². The van der Waals surface area contributed by atoms with Crippen LogP contribution in [0.3, 0.4) is 0 Å². The average molecular weight is 335 g/mol. The number of rotatable bonds is 3. The van der Waals surface area contributed by atoms with Gasteiger partial charge in [-0.1, -0.05) is 12.1 Å². The molecular weight excluding hydrogens is 325 g/mol. The molecule has 0 bridgehead atoms. The van der Waals surface area contributed by atoms with Crippen LogP contribution in [0.25, 0.3) is 0 Å². The summed E-state index contributed by atoms with van der Waals surface area (Å²) >= 11 is 3.14. The summed E-state index contributed by atoms with van der Waals surface area (Å²) in [6, 6.07) is 6.35. The van der Waals surface area contributed by atoms with Crippen LogP contribution >= 0.6 is 15.9 Å². The Kier molecular flexibility index (Phi) is 4.01. The lowest BCUT2D eigenvalue weighted by Crippen LogP contribution is -2.05. The molecule has 1 N–H and O–H groups in total. The van der Waals surface area contributed by atoms with Gasteiger partial charge in [0.2, 0.25) is 0 Å². The Balaban J connectivity index is 2.10. The summed E-state index contributed by atoms with van der Waals surface area (Å²) in [5, 5.41) is 9.96. The highest BCUT2D eigenvalue weighted by Crippen LogP contribution is 2.30. The maximum atomic E-state index is 12.4. The second-order valence-electron chi connectivity index (χ2n) is 4.06. The smallest absolute Gasteiger partial charge is 0.416 e.